The summed E-state index contributed by atoms with van der Waals surface area (Å²) in [6.07, 6.45) is 7.03. The molecular weight excluding hydrogens is 388 g/mol. The van der Waals surface area contributed by atoms with Crippen LogP contribution in [-0.2, 0) is 0 Å². The van der Waals surface area contributed by atoms with E-state index in [9.17, 15) is 4.79 Å². The summed E-state index contributed by atoms with van der Waals surface area (Å²) in [5.41, 5.74) is 4.07. The maximum Gasteiger partial charge on any atom is 0.255 e. The van der Waals surface area contributed by atoms with Gasteiger partial charge in [0, 0.05) is 34.9 Å². The van der Waals surface area contributed by atoms with Crippen LogP contribution >= 0.6 is 0 Å². The minimum Gasteiger partial charge on any atom is -0.494 e. The van der Waals surface area contributed by atoms with E-state index >= 15 is 0 Å². The molecule has 0 atom stereocenters. The molecule has 0 aliphatic heterocycles. The minimum absolute atomic E-state index is 0.164. The topological polar surface area (TPSA) is 68.5 Å². The van der Waals surface area contributed by atoms with Gasteiger partial charge in [-0.05, 0) is 55.8 Å². The molecule has 4 rings (SSSR count). The maximum absolute atomic E-state index is 12.7. The Morgan fingerprint density at radius 2 is 1.94 bits per heavy atom. The Kier molecular flexibility index (Phi) is 6.26. The first-order valence-electron chi connectivity index (χ1n) is 10.6. The van der Waals surface area contributed by atoms with Crippen molar-refractivity contribution in [1.29, 1.82) is 0 Å². The molecule has 2 aromatic carbocycles. The summed E-state index contributed by atoms with van der Waals surface area (Å²) >= 11 is 0. The highest BCUT2D eigenvalue weighted by Gasteiger charge is 2.12. The van der Waals surface area contributed by atoms with Crippen LogP contribution in [0.2, 0.25) is 0 Å². The Morgan fingerprint density at radius 3 is 2.71 bits per heavy atom. The second kappa shape index (κ2) is 9.43. The van der Waals surface area contributed by atoms with Crippen molar-refractivity contribution in [3.8, 4) is 17.0 Å². The molecule has 2 heterocycles. The molecule has 0 aliphatic rings. The third kappa shape index (κ3) is 4.74. The molecule has 0 aliphatic carbocycles. The van der Waals surface area contributed by atoms with Crippen molar-refractivity contribution in [1.82, 2.24) is 14.4 Å². The van der Waals surface area contributed by atoms with Gasteiger partial charge in [-0.1, -0.05) is 31.9 Å². The predicted octanol–water partition coefficient (Wildman–Crippen LogP) is 5.53. The van der Waals surface area contributed by atoms with Crippen LogP contribution in [0.1, 0.15) is 42.2 Å². The summed E-state index contributed by atoms with van der Waals surface area (Å²) in [6.45, 7) is 4.87. The van der Waals surface area contributed by atoms with Gasteiger partial charge in [-0.2, -0.15) is 0 Å². The lowest BCUT2D eigenvalue weighted by atomic mass is 10.1. The normalized spacial score (nSPS) is 10.9. The van der Waals surface area contributed by atoms with Gasteiger partial charge in [0.15, 0.2) is 0 Å². The van der Waals surface area contributed by atoms with E-state index in [1.807, 2.05) is 60.0 Å². The molecule has 0 saturated heterocycles. The zero-order valence-electron chi connectivity index (χ0n) is 17.8. The number of fused-ring (bicyclic) bond motifs is 1. The minimum atomic E-state index is -0.164. The number of benzene rings is 2. The van der Waals surface area contributed by atoms with Gasteiger partial charge in [-0.15, -0.1) is 0 Å². The number of imidazole rings is 1. The van der Waals surface area contributed by atoms with Gasteiger partial charge in [0.2, 0.25) is 5.78 Å². The Balaban J connectivity index is 1.46. The van der Waals surface area contributed by atoms with E-state index < -0.39 is 0 Å². The average molecular weight is 415 g/mol. The molecular formula is C25H26N4O2. The van der Waals surface area contributed by atoms with Crippen molar-refractivity contribution in [2.45, 2.75) is 33.1 Å². The molecule has 0 spiro atoms. The highest BCUT2D eigenvalue weighted by molar-refractivity contribution is 6.04. The molecule has 0 saturated carbocycles. The third-order valence-corrected chi connectivity index (χ3v) is 5.17. The van der Waals surface area contributed by atoms with Crippen LogP contribution in [0.25, 0.3) is 17.0 Å². The van der Waals surface area contributed by atoms with Gasteiger partial charge in [0.25, 0.3) is 5.91 Å². The second-order valence-corrected chi connectivity index (χ2v) is 7.45. The number of rotatable bonds is 8. The molecule has 0 radical (unpaired) electrons. The molecule has 4 aromatic rings. The molecule has 31 heavy (non-hydrogen) atoms. The predicted molar refractivity (Wildman–Crippen MR) is 123 cm³/mol. The number of aromatic nitrogens is 3. The zero-order valence-corrected chi connectivity index (χ0v) is 17.8. The van der Waals surface area contributed by atoms with Crippen molar-refractivity contribution in [3.05, 3.63) is 78.2 Å². The lowest BCUT2D eigenvalue weighted by molar-refractivity contribution is 0.102. The van der Waals surface area contributed by atoms with Gasteiger partial charge in [-0.3, -0.25) is 9.20 Å². The summed E-state index contributed by atoms with van der Waals surface area (Å²) in [5.74, 6) is 1.27. The number of aryl methyl sites for hydroxylation is 1. The zero-order chi connectivity index (χ0) is 21.6. The number of unbranched alkanes of at least 4 members (excludes halogenated alkanes) is 2. The third-order valence-electron chi connectivity index (χ3n) is 5.17. The van der Waals surface area contributed by atoms with Crippen LogP contribution in [0, 0.1) is 6.92 Å². The lowest BCUT2D eigenvalue weighted by Gasteiger charge is -2.09. The van der Waals surface area contributed by atoms with E-state index in [1.165, 1.54) is 0 Å². The van der Waals surface area contributed by atoms with Gasteiger partial charge in [-0.25, -0.2) is 9.97 Å². The van der Waals surface area contributed by atoms with E-state index in [1.54, 1.807) is 18.3 Å². The van der Waals surface area contributed by atoms with Crippen LogP contribution in [0.15, 0.2) is 67.0 Å². The number of nitrogens with one attached hydrogen (secondary N) is 1. The Hall–Kier alpha value is -3.67. The van der Waals surface area contributed by atoms with Crippen molar-refractivity contribution < 1.29 is 9.53 Å². The standard InChI is InChI=1S/C25H26N4O2/c1-3-4-5-16-31-22-12-10-19(11-13-22)24(30)27-21-9-6-8-20(17-21)23-18(2)29-15-7-14-26-25(29)28-23/h6-15,17H,3-5,16H2,1-2H3,(H,27,30). The number of ether oxygens (including phenoxy) is 1. The number of carbonyl (C=O) groups is 1. The van der Waals surface area contributed by atoms with Gasteiger partial charge >= 0.3 is 0 Å². The summed E-state index contributed by atoms with van der Waals surface area (Å²) in [6, 6.07) is 16.8. The quantitative estimate of drug-likeness (QED) is 0.385. The molecule has 6 heteroatoms. The number of hydrogen-bond acceptors (Lipinski definition) is 4. The molecule has 6 nitrogen and oxygen atoms in total. The van der Waals surface area contributed by atoms with Crippen LogP contribution in [0.3, 0.4) is 0 Å². The molecule has 158 valence electrons. The van der Waals surface area contributed by atoms with Crippen LogP contribution in [0.5, 0.6) is 5.75 Å². The summed E-state index contributed by atoms with van der Waals surface area (Å²) in [4.78, 5) is 21.6. The van der Waals surface area contributed by atoms with Crippen molar-refractivity contribution in [3.63, 3.8) is 0 Å². The first kappa shape index (κ1) is 20.6. The first-order valence-corrected chi connectivity index (χ1v) is 10.6. The largest absolute Gasteiger partial charge is 0.494 e. The number of amides is 1. The molecule has 1 amide bonds. The Morgan fingerprint density at radius 1 is 1.10 bits per heavy atom. The summed E-state index contributed by atoms with van der Waals surface area (Å²) < 4.78 is 7.67. The van der Waals surface area contributed by atoms with Gasteiger partial charge in [0.05, 0.1) is 12.3 Å². The van der Waals surface area contributed by atoms with E-state index in [0.717, 1.165) is 42.0 Å². The number of nitrogens with zero attached hydrogens (tertiary/aromatic N) is 3. The van der Waals surface area contributed by atoms with Crippen molar-refractivity contribution in [2.75, 3.05) is 11.9 Å². The van der Waals surface area contributed by atoms with E-state index in [4.69, 9.17) is 4.74 Å². The van der Waals surface area contributed by atoms with Crippen LogP contribution < -0.4 is 10.1 Å². The average Bonchev–Trinajstić information content (AvgIpc) is 3.14. The van der Waals surface area contributed by atoms with E-state index in [0.29, 0.717) is 23.6 Å². The molecule has 2 aromatic heterocycles. The fraction of sp³-hybridized carbons (Fsp3) is 0.240. The monoisotopic (exact) mass is 414 g/mol. The van der Waals surface area contributed by atoms with Gasteiger partial charge in [0.1, 0.15) is 5.75 Å². The number of carbonyl (C=O) groups excluding carboxylic acids is 1. The highest BCUT2D eigenvalue weighted by atomic mass is 16.5. The molecule has 0 fully saturated rings. The summed E-state index contributed by atoms with van der Waals surface area (Å²) in [5, 5.41) is 2.97. The lowest BCUT2D eigenvalue weighted by Crippen LogP contribution is -2.11. The van der Waals surface area contributed by atoms with Gasteiger partial charge < -0.3 is 10.1 Å². The summed E-state index contributed by atoms with van der Waals surface area (Å²) in [7, 11) is 0. The molecule has 1 N–H and O–H groups in total. The number of hydrogen-bond donors (Lipinski definition) is 1. The van der Waals surface area contributed by atoms with E-state index in [2.05, 4.69) is 22.2 Å². The number of anilines is 1. The van der Waals surface area contributed by atoms with Crippen LogP contribution in [0.4, 0.5) is 5.69 Å². The molecule has 0 bridgehead atoms. The highest BCUT2D eigenvalue weighted by Crippen LogP contribution is 2.26. The first-order chi connectivity index (χ1) is 15.2. The van der Waals surface area contributed by atoms with Crippen molar-refractivity contribution in [2.24, 2.45) is 0 Å². The molecule has 0 unspecified atom stereocenters. The van der Waals surface area contributed by atoms with Crippen LogP contribution in [-0.4, -0.2) is 26.9 Å². The fourth-order valence-corrected chi connectivity index (χ4v) is 3.47. The smallest absolute Gasteiger partial charge is 0.255 e. The Bertz CT molecular complexity index is 1180. The van der Waals surface area contributed by atoms with Crippen molar-refractivity contribution >= 4 is 17.4 Å². The SMILES string of the molecule is CCCCCOc1ccc(C(=O)Nc2cccc(-c3nc4ncccn4c3C)c2)cc1. The Labute approximate surface area is 181 Å². The van der Waals surface area contributed by atoms with E-state index in [-0.39, 0.29) is 5.91 Å². The maximum atomic E-state index is 12.7. The fourth-order valence-electron chi connectivity index (χ4n) is 3.47. The second-order valence-electron chi connectivity index (χ2n) is 7.45.